The fourth-order valence-corrected chi connectivity index (χ4v) is 2.88. The molecule has 0 fully saturated rings. The highest BCUT2D eigenvalue weighted by Gasteiger charge is 2.31. The van der Waals surface area contributed by atoms with Gasteiger partial charge in [-0.15, -0.1) is 0 Å². The lowest BCUT2D eigenvalue weighted by Gasteiger charge is -2.12. The molecule has 2 aromatic rings. The van der Waals surface area contributed by atoms with Crippen molar-refractivity contribution in [1.29, 1.82) is 0 Å². The van der Waals surface area contributed by atoms with E-state index < -0.39 is 0 Å². The monoisotopic (exact) mass is 263 g/mol. The normalized spacial score (nSPS) is 17.9. The average Bonchev–Trinajstić information content (AvgIpc) is 2.82. The summed E-state index contributed by atoms with van der Waals surface area (Å²) in [6.45, 7) is 6.54. The van der Waals surface area contributed by atoms with Crippen molar-refractivity contribution in [2.45, 2.75) is 26.8 Å². The zero-order valence-electron chi connectivity index (χ0n) is 12.2. The molecule has 0 bridgehead atoms. The Labute approximate surface area is 120 Å². The van der Waals surface area contributed by atoms with Gasteiger partial charge in [0.1, 0.15) is 6.20 Å². The molecule has 100 valence electrons. The van der Waals surface area contributed by atoms with Gasteiger partial charge in [0.2, 0.25) is 11.7 Å². The zero-order valence-corrected chi connectivity index (χ0v) is 12.2. The molecule has 2 nitrogen and oxygen atoms in total. The fourth-order valence-electron chi connectivity index (χ4n) is 2.88. The lowest BCUT2D eigenvalue weighted by atomic mass is 9.92. The SMILES string of the molecule is Cc1cccc(C)c1C1=CN=[N+](c2ccccc2)C1C. The Morgan fingerprint density at radius 3 is 2.20 bits per heavy atom. The van der Waals surface area contributed by atoms with E-state index in [0.717, 1.165) is 5.69 Å². The van der Waals surface area contributed by atoms with Gasteiger partial charge in [0.05, 0.1) is 5.57 Å². The van der Waals surface area contributed by atoms with E-state index in [1.54, 1.807) is 0 Å². The summed E-state index contributed by atoms with van der Waals surface area (Å²) >= 11 is 0. The van der Waals surface area contributed by atoms with Crippen molar-refractivity contribution in [1.82, 2.24) is 0 Å². The largest absolute Gasteiger partial charge is 0.232 e. The number of hydrogen-bond acceptors (Lipinski definition) is 1. The lowest BCUT2D eigenvalue weighted by Crippen LogP contribution is -2.16. The van der Waals surface area contributed by atoms with E-state index in [4.69, 9.17) is 0 Å². The summed E-state index contributed by atoms with van der Waals surface area (Å²) in [5.41, 5.74) is 6.39. The van der Waals surface area contributed by atoms with Gasteiger partial charge < -0.3 is 0 Å². The van der Waals surface area contributed by atoms with Crippen molar-refractivity contribution in [3.8, 4) is 0 Å². The molecule has 1 heterocycles. The van der Waals surface area contributed by atoms with Gasteiger partial charge in [0.15, 0.2) is 0 Å². The number of hydrogen-bond donors (Lipinski definition) is 0. The van der Waals surface area contributed by atoms with Gasteiger partial charge in [-0.3, -0.25) is 0 Å². The number of nitrogens with zero attached hydrogens (tertiary/aromatic N) is 2. The van der Waals surface area contributed by atoms with Gasteiger partial charge in [-0.05, 0) is 35.7 Å². The molecule has 2 heteroatoms. The molecule has 1 unspecified atom stereocenters. The summed E-state index contributed by atoms with van der Waals surface area (Å²) < 4.78 is 2.08. The van der Waals surface area contributed by atoms with Crippen LogP contribution >= 0.6 is 0 Å². The van der Waals surface area contributed by atoms with E-state index in [-0.39, 0.29) is 6.04 Å². The van der Waals surface area contributed by atoms with Crippen LogP contribution in [-0.2, 0) is 0 Å². The molecule has 0 radical (unpaired) electrons. The molecule has 1 aliphatic heterocycles. The van der Waals surface area contributed by atoms with Crippen LogP contribution in [0.5, 0.6) is 0 Å². The quantitative estimate of drug-likeness (QED) is 0.689. The molecule has 3 rings (SSSR count). The molecule has 1 atom stereocenters. The average molecular weight is 263 g/mol. The molecular weight excluding hydrogens is 244 g/mol. The standard InChI is InChI=1S/C18H19N2/c1-13-8-7-9-14(2)18(13)17-12-19-20(15(17)3)16-10-5-4-6-11-16/h4-12,15H,1-3H3/q+1. The van der Waals surface area contributed by atoms with Crippen LogP contribution in [0.2, 0.25) is 0 Å². The van der Waals surface area contributed by atoms with Crippen LogP contribution in [0.25, 0.3) is 5.57 Å². The van der Waals surface area contributed by atoms with E-state index in [1.807, 2.05) is 12.3 Å². The van der Waals surface area contributed by atoms with E-state index in [0.29, 0.717) is 0 Å². The maximum absolute atomic E-state index is 4.60. The van der Waals surface area contributed by atoms with Crippen LogP contribution in [0.15, 0.2) is 59.8 Å². The molecular formula is C18H19N2+. The van der Waals surface area contributed by atoms with Crippen molar-refractivity contribution in [2.75, 3.05) is 0 Å². The summed E-state index contributed by atoms with van der Waals surface area (Å²) in [5, 5.41) is 4.60. The van der Waals surface area contributed by atoms with E-state index in [9.17, 15) is 0 Å². The smallest absolute Gasteiger partial charge is 0.0776 e. The second kappa shape index (κ2) is 5.04. The third kappa shape index (κ3) is 2.07. The second-order valence-corrected chi connectivity index (χ2v) is 5.32. The van der Waals surface area contributed by atoms with Gasteiger partial charge in [-0.25, -0.2) is 0 Å². The summed E-state index contributed by atoms with van der Waals surface area (Å²) in [7, 11) is 0. The summed E-state index contributed by atoms with van der Waals surface area (Å²) in [4.78, 5) is 0. The molecule has 0 amide bonds. The molecule has 0 N–H and O–H groups in total. The first kappa shape index (κ1) is 12.8. The number of aryl methyl sites for hydroxylation is 2. The Kier molecular flexibility index (Phi) is 3.23. The molecule has 0 aromatic heterocycles. The third-order valence-corrected chi connectivity index (χ3v) is 3.93. The highest BCUT2D eigenvalue weighted by molar-refractivity contribution is 5.73. The molecule has 0 spiro atoms. The Balaban J connectivity index is 1.98. The number of para-hydroxylation sites is 1. The minimum atomic E-state index is 0.261. The van der Waals surface area contributed by atoms with Crippen molar-refractivity contribution in [3.63, 3.8) is 0 Å². The molecule has 20 heavy (non-hydrogen) atoms. The first-order valence-electron chi connectivity index (χ1n) is 7.00. The van der Waals surface area contributed by atoms with Crippen LogP contribution in [-0.4, -0.2) is 10.7 Å². The van der Waals surface area contributed by atoms with E-state index >= 15 is 0 Å². The summed E-state index contributed by atoms with van der Waals surface area (Å²) in [5.74, 6) is 0. The second-order valence-electron chi connectivity index (χ2n) is 5.32. The maximum atomic E-state index is 4.60. The Morgan fingerprint density at radius 1 is 0.900 bits per heavy atom. The molecule has 0 aliphatic carbocycles. The molecule has 0 saturated heterocycles. The fraction of sp³-hybridized carbons (Fsp3) is 0.222. The first-order valence-corrected chi connectivity index (χ1v) is 7.00. The van der Waals surface area contributed by atoms with E-state index in [2.05, 4.69) is 73.0 Å². The predicted octanol–water partition coefficient (Wildman–Crippen LogP) is 4.84. The minimum absolute atomic E-state index is 0.261. The van der Waals surface area contributed by atoms with Crippen LogP contribution in [0.4, 0.5) is 5.69 Å². The molecule has 1 aliphatic rings. The number of azo groups is 2. The van der Waals surface area contributed by atoms with Crippen molar-refractivity contribution >= 4 is 11.3 Å². The van der Waals surface area contributed by atoms with Crippen LogP contribution in [0.1, 0.15) is 23.6 Å². The zero-order chi connectivity index (χ0) is 14.1. The van der Waals surface area contributed by atoms with Crippen molar-refractivity contribution < 1.29 is 4.70 Å². The van der Waals surface area contributed by atoms with Crippen molar-refractivity contribution in [2.24, 2.45) is 5.11 Å². The van der Waals surface area contributed by atoms with Crippen LogP contribution < -0.4 is 0 Å². The van der Waals surface area contributed by atoms with Crippen LogP contribution in [0, 0.1) is 13.8 Å². The Hall–Kier alpha value is -2.22. The van der Waals surface area contributed by atoms with Gasteiger partial charge >= 0.3 is 0 Å². The van der Waals surface area contributed by atoms with Gasteiger partial charge in [0.25, 0.3) is 0 Å². The van der Waals surface area contributed by atoms with Gasteiger partial charge in [-0.1, -0.05) is 41.1 Å². The summed E-state index contributed by atoms with van der Waals surface area (Å²) in [6, 6.07) is 17.0. The Bertz CT molecular complexity index is 676. The molecule has 0 saturated carbocycles. The first-order chi connectivity index (χ1) is 9.68. The minimum Gasteiger partial charge on any atom is -0.0776 e. The van der Waals surface area contributed by atoms with Gasteiger partial charge in [0, 0.05) is 19.1 Å². The summed E-state index contributed by atoms with van der Waals surface area (Å²) in [6.07, 6.45) is 2.01. The maximum Gasteiger partial charge on any atom is 0.232 e. The van der Waals surface area contributed by atoms with Crippen LogP contribution in [0.3, 0.4) is 0 Å². The topological polar surface area (TPSA) is 15.4 Å². The van der Waals surface area contributed by atoms with Gasteiger partial charge in [-0.2, -0.15) is 0 Å². The predicted molar refractivity (Wildman–Crippen MR) is 82.1 cm³/mol. The lowest BCUT2D eigenvalue weighted by molar-refractivity contribution is -0.524. The number of benzene rings is 2. The Morgan fingerprint density at radius 2 is 1.55 bits per heavy atom. The molecule has 2 aromatic carbocycles. The third-order valence-electron chi connectivity index (χ3n) is 3.93. The number of rotatable bonds is 2. The van der Waals surface area contributed by atoms with E-state index in [1.165, 1.54) is 22.3 Å². The van der Waals surface area contributed by atoms with Crippen molar-refractivity contribution in [3.05, 3.63) is 71.4 Å². The highest BCUT2D eigenvalue weighted by Crippen LogP contribution is 2.33. The highest BCUT2D eigenvalue weighted by atomic mass is 15.3.